The fourth-order valence-corrected chi connectivity index (χ4v) is 3.54. The number of benzene rings is 2. The van der Waals surface area contributed by atoms with Crippen molar-refractivity contribution < 1.29 is 13.9 Å². The average Bonchev–Trinajstić information content (AvgIpc) is 3.32. The molecule has 0 unspecified atom stereocenters. The molecule has 1 saturated carbocycles. The van der Waals surface area contributed by atoms with E-state index in [1.807, 2.05) is 30.3 Å². The van der Waals surface area contributed by atoms with E-state index in [1.165, 1.54) is 12.1 Å². The van der Waals surface area contributed by atoms with Gasteiger partial charge in [0.1, 0.15) is 5.82 Å². The molecule has 0 radical (unpaired) electrons. The topological polar surface area (TPSA) is 60.2 Å². The van der Waals surface area contributed by atoms with Gasteiger partial charge in [0, 0.05) is 12.1 Å². The van der Waals surface area contributed by atoms with E-state index in [2.05, 4.69) is 10.1 Å². The molecule has 0 atom stereocenters. The molecule has 1 amide bonds. The summed E-state index contributed by atoms with van der Waals surface area (Å²) in [5.74, 6) is 0.155. The zero-order valence-electron chi connectivity index (χ0n) is 15.2. The van der Waals surface area contributed by atoms with Gasteiger partial charge in [-0.1, -0.05) is 30.3 Å². The van der Waals surface area contributed by atoms with Crippen molar-refractivity contribution in [3.8, 4) is 17.1 Å². The zero-order valence-corrected chi connectivity index (χ0v) is 15.2. The number of hydrogen-bond acceptors (Lipinski definition) is 4. The number of carbonyl (C=O) groups is 1. The molecule has 2 aromatic carbocycles. The molecule has 1 aliphatic heterocycles. The molecule has 0 N–H and O–H groups in total. The maximum Gasteiger partial charge on any atom is 0.293 e. The SMILES string of the molecule is O=C(c1nc(-c2ccccc2)n(-c2ccc(F)cc2)n1)N1CCOC2(CC2)C1. The number of nitrogens with zero attached hydrogens (tertiary/aromatic N) is 4. The molecule has 28 heavy (non-hydrogen) atoms. The molecule has 1 aliphatic carbocycles. The van der Waals surface area contributed by atoms with Gasteiger partial charge in [-0.2, -0.15) is 0 Å². The summed E-state index contributed by atoms with van der Waals surface area (Å²) >= 11 is 0. The molecule has 1 spiro atoms. The number of morpholine rings is 1. The molecule has 2 heterocycles. The molecule has 3 aromatic rings. The van der Waals surface area contributed by atoms with Gasteiger partial charge in [0.05, 0.1) is 24.4 Å². The number of carbonyl (C=O) groups excluding carboxylic acids is 1. The highest BCUT2D eigenvalue weighted by molar-refractivity contribution is 5.91. The standard InChI is InChI=1S/C21H19FN4O2/c22-16-6-8-17(9-7-16)26-19(15-4-2-1-3-5-15)23-18(24-26)20(27)25-12-13-28-21(14-25)10-11-21/h1-9H,10-14H2. The second kappa shape index (κ2) is 6.53. The largest absolute Gasteiger partial charge is 0.371 e. The molecule has 2 aliphatic rings. The second-order valence-electron chi connectivity index (χ2n) is 7.27. The van der Waals surface area contributed by atoms with Crippen LogP contribution < -0.4 is 0 Å². The lowest BCUT2D eigenvalue weighted by Gasteiger charge is -2.32. The third-order valence-corrected chi connectivity index (χ3v) is 5.24. The Morgan fingerprint density at radius 2 is 1.82 bits per heavy atom. The van der Waals surface area contributed by atoms with Crippen molar-refractivity contribution in [3.05, 3.63) is 66.2 Å². The van der Waals surface area contributed by atoms with Gasteiger partial charge >= 0.3 is 0 Å². The number of aromatic nitrogens is 3. The third kappa shape index (κ3) is 3.07. The first-order valence-corrected chi connectivity index (χ1v) is 9.35. The maximum atomic E-state index is 13.4. The molecule has 1 saturated heterocycles. The van der Waals surface area contributed by atoms with Gasteiger partial charge in [-0.25, -0.2) is 14.1 Å². The summed E-state index contributed by atoms with van der Waals surface area (Å²) in [5.41, 5.74) is 1.32. The van der Waals surface area contributed by atoms with Crippen molar-refractivity contribution in [2.45, 2.75) is 18.4 Å². The highest BCUT2D eigenvalue weighted by atomic mass is 19.1. The number of halogens is 1. The van der Waals surface area contributed by atoms with E-state index in [-0.39, 0.29) is 23.1 Å². The van der Waals surface area contributed by atoms with E-state index in [0.717, 1.165) is 18.4 Å². The van der Waals surface area contributed by atoms with Crippen LogP contribution in [-0.4, -0.2) is 50.9 Å². The predicted molar refractivity (Wildman–Crippen MR) is 101 cm³/mol. The van der Waals surface area contributed by atoms with Crippen LogP contribution in [0.15, 0.2) is 54.6 Å². The van der Waals surface area contributed by atoms with E-state index >= 15 is 0 Å². The van der Waals surface area contributed by atoms with Crippen molar-refractivity contribution in [2.75, 3.05) is 19.7 Å². The fourth-order valence-electron chi connectivity index (χ4n) is 3.54. The number of rotatable bonds is 3. The number of hydrogen-bond donors (Lipinski definition) is 0. The first kappa shape index (κ1) is 17.1. The predicted octanol–water partition coefficient (Wildman–Crippen LogP) is 3.08. The van der Waals surface area contributed by atoms with E-state index in [4.69, 9.17) is 4.74 Å². The van der Waals surface area contributed by atoms with E-state index in [0.29, 0.717) is 31.2 Å². The molecule has 142 valence electrons. The Kier molecular flexibility index (Phi) is 3.98. The minimum absolute atomic E-state index is 0.140. The molecular formula is C21H19FN4O2. The Morgan fingerprint density at radius 3 is 2.54 bits per heavy atom. The lowest BCUT2D eigenvalue weighted by atomic mass is 10.2. The van der Waals surface area contributed by atoms with Gasteiger partial charge in [0.15, 0.2) is 5.82 Å². The smallest absolute Gasteiger partial charge is 0.293 e. The molecule has 7 heteroatoms. The lowest BCUT2D eigenvalue weighted by molar-refractivity contribution is -0.0379. The Balaban J connectivity index is 1.54. The molecule has 5 rings (SSSR count). The Hall–Kier alpha value is -3.06. The van der Waals surface area contributed by atoms with E-state index in [1.54, 1.807) is 21.7 Å². The normalized spacial score (nSPS) is 17.7. The summed E-state index contributed by atoms with van der Waals surface area (Å²) in [6.07, 6.45) is 1.98. The second-order valence-corrected chi connectivity index (χ2v) is 7.27. The van der Waals surface area contributed by atoms with Crippen LogP contribution in [0.2, 0.25) is 0 Å². The first-order valence-electron chi connectivity index (χ1n) is 9.35. The minimum atomic E-state index is -0.329. The highest BCUT2D eigenvalue weighted by Gasteiger charge is 2.48. The Bertz CT molecular complexity index is 1010. The first-order chi connectivity index (χ1) is 13.6. The average molecular weight is 378 g/mol. The van der Waals surface area contributed by atoms with Crippen LogP contribution >= 0.6 is 0 Å². The molecule has 0 bridgehead atoms. The van der Waals surface area contributed by atoms with Crippen LogP contribution in [-0.2, 0) is 4.74 Å². The maximum absolute atomic E-state index is 13.4. The highest BCUT2D eigenvalue weighted by Crippen LogP contribution is 2.42. The van der Waals surface area contributed by atoms with Gasteiger partial charge in [-0.3, -0.25) is 4.79 Å². The summed E-state index contributed by atoms with van der Waals surface area (Å²) in [4.78, 5) is 19.4. The number of ether oxygens (including phenoxy) is 1. The van der Waals surface area contributed by atoms with Gasteiger partial charge in [-0.15, -0.1) is 5.10 Å². The summed E-state index contributed by atoms with van der Waals surface area (Å²) in [5, 5.41) is 4.48. The van der Waals surface area contributed by atoms with Crippen molar-refractivity contribution in [3.63, 3.8) is 0 Å². The van der Waals surface area contributed by atoms with E-state index < -0.39 is 0 Å². The van der Waals surface area contributed by atoms with Crippen LogP contribution in [0.25, 0.3) is 17.1 Å². The van der Waals surface area contributed by atoms with E-state index in [9.17, 15) is 9.18 Å². The van der Waals surface area contributed by atoms with Crippen LogP contribution in [0, 0.1) is 5.82 Å². The summed E-state index contributed by atoms with van der Waals surface area (Å²) in [7, 11) is 0. The fraction of sp³-hybridized carbons (Fsp3) is 0.286. The van der Waals surface area contributed by atoms with Crippen LogP contribution in [0.4, 0.5) is 4.39 Å². The monoisotopic (exact) mass is 378 g/mol. The van der Waals surface area contributed by atoms with Crippen molar-refractivity contribution in [1.29, 1.82) is 0 Å². The number of amides is 1. The third-order valence-electron chi connectivity index (χ3n) is 5.24. The van der Waals surface area contributed by atoms with Gasteiger partial charge in [0.2, 0.25) is 5.82 Å². The van der Waals surface area contributed by atoms with Crippen molar-refractivity contribution in [1.82, 2.24) is 19.7 Å². The molecular weight excluding hydrogens is 359 g/mol. The van der Waals surface area contributed by atoms with Gasteiger partial charge < -0.3 is 9.64 Å². The summed E-state index contributed by atoms with van der Waals surface area (Å²) in [6, 6.07) is 15.5. The van der Waals surface area contributed by atoms with Crippen molar-refractivity contribution in [2.24, 2.45) is 0 Å². The zero-order chi connectivity index (χ0) is 19.1. The van der Waals surface area contributed by atoms with Crippen LogP contribution in [0.3, 0.4) is 0 Å². The Labute approximate surface area is 161 Å². The summed E-state index contributed by atoms with van der Waals surface area (Å²) in [6.45, 7) is 1.65. The van der Waals surface area contributed by atoms with Crippen LogP contribution in [0.5, 0.6) is 0 Å². The molecule has 6 nitrogen and oxygen atoms in total. The van der Waals surface area contributed by atoms with Crippen molar-refractivity contribution >= 4 is 5.91 Å². The molecule has 2 fully saturated rings. The molecule has 1 aromatic heterocycles. The minimum Gasteiger partial charge on any atom is -0.371 e. The lowest BCUT2D eigenvalue weighted by Crippen LogP contribution is -2.47. The quantitative estimate of drug-likeness (QED) is 0.703. The van der Waals surface area contributed by atoms with Gasteiger partial charge in [-0.05, 0) is 37.1 Å². The summed E-state index contributed by atoms with van der Waals surface area (Å²) < 4.78 is 20.8. The van der Waals surface area contributed by atoms with Gasteiger partial charge in [0.25, 0.3) is 5.91 Å². The Morgan fingerprint density at radius 1 is 1.07 bits per heavy atom. The van der Waals surface area contributed by atoms with Crippen LogP contribution in [0.1, 0.15) is 23.5 Å².